The molecule has 0 aliphatic carbocycles. The van der Waals surface area contributed by atoms with Crippen molar-refractivity contribution in [2.45, 2.75) is 51.0 Å². The molecule has 0 saturated carbocycles. The van der Waals surface area contributed by atoms with Crippen LogP contribution in [0.1, 0.15) is 44.9 Å². The lowest BCUT2D eigenvalue weighted by Gasteiger charge is -2.22. The lowest BCUT2D eigenvalue weighted by atomic mass is 10.0. The Morgan fingerprint density at radius 1 is 1.21 bits per heavy atom. The van der Waals surface area contributed by atoms with Crippen molar-refractivity contribution in [1.82, 2.24) is 0 Å². The quantitative estimate of drug-likeness (QED) is 0.677. The van der Waals surface area contributed by atoms with Crippen LogP contribution >= 0.6 is 0 Å². The number of carbonyl (C=O) groups excluding carboxylic acids is 1. The molecule has 132 valence electrons. The van der Waals surface area contributed by atoms with E-state index in [2.05, 4.69) is 5.32 Å². The second-order valence-electron chi connectivity index (χ2n) is 5.95. The lowest BCUT2D eigenvalue weighted by molar-refractivity contribution is -0.137. The number of aliphatic carboxylic acids is 1. The summed E-state index contributed by atoms with van der Waals surface area (Å²) in [6, 6.07) is 7.09. The molecule has 2 N–H and O–H groups in total. The third-order valence-corrected chi connectivity index (χ3v) is 3.91. The van der Waals surface area contributed by atoms with Crippen LogP contribution in [-0.4, -0.2) is 36.3 Å². The lowest BCUT2D eigenvalue weighted by Crippen LogP contribution is -2.21. The fourth-order valence-corrected chi connectivity index (χ4v) is 2.60. The summed E-state index contributed by atoms with van der Waals surface area (Å²) >= 11 is 0. The number of hydrogen-bond donors (Lipinski definition) is 2. The Kier molecular flexibility index (Phi) is 7.55. The molecule has 0 bridgehead atoms. The van der Waals surface area contributed by atoms with Gasteiger partial charge in [-0.3, -0.25) is 9.59 Å². The van der Waals surface area contributed by atoms with E-state index in [1.165, 1.54) is 6.42 Å². The monoisotopic (exact) mass is 335 g/mol. The molecule has 0 spiro atoms. The van der Waals surface area contributed by atoms with E-state index in [0.717, 1.165) is 31.6 Å². The van der Waals surface area contributed by atoms with E-state index in [0.29, 0.717) is 25.2 Å². The molecule has 1 atom stereocenters. The molecule has 1 unspecified atom stereocenters. The van der Waals surface area contributed by atoms with Crippen LogP contribution in [0.3, 0.4) is 0 Å². The van der Waals surface area contributed by atoms with Gasteiger partial charge in [-0.15, -0.1) is 0 Å². The second kappa shape index (κ2) is 9.93. The molecule has 2 rings (SSSR count). The Labute approximate surface area is 142 Å². The van der Waals surface area contributed by atoms with Crippen molar-refractivity contribution in [1.29, 1.82) is 0 Å². The van der Waals surface area contributed by atoms with Crippen molar-refractivity contribution < 1.29 is 24.2 Å². The Bertz CT molecular complexity index is 523. The zero-order valence-electron chi connectivity index (χ0n) is 13.8. The molecule has 6 heteroatoms. The van der Waals surface area contributed by atoms with Gasteiger partial charge in [0.2, 0.25) is 5.91 Å². The van der Waals surface area contributed by atoms with Crippen LogP contribution < -0.4 is 10.1 Å². The van der Waals surface area contributed by atoms with E-state index < -0.39 is 5.97 Å². The van der Waals surface area contributed by atoms with Crippen LogP contribution in [0.25, 0.3) is 0 Å². The van der Waals surface area contributed by atoms with Gasteiger partial charge in [-0.2, -0.15) is 0 Å². The zero-order chi connectivity index (χ0) is 17.2. The van der Waals surface area contributed by atoms with E-state index in [4.69, 9.17) is 14.6 Å². The van der Waals surface area contributed by atoms with Gasteiger partial charge in [-0.1, -0.05) is 0 Å². The van der Waals surface area contributed by atoms with Crippen molar-refractivity contribution >= 4 is 17.6 Å². The molecule has 1 heterocycles. The average Bonchev–Trinajstić information content (AvgIpc) is 2.59. The summed E-state index contributed by atoms with van der Waals surface area (Å²) in [6.07, 6.45) is 5.34. The van der Waals surface area contributed by atoms with Gasteiger partial charge in [0.05, 0.1) is 12.7 Å². The summed E-state index contributed by atoms with van der Waals surface area (Å²) in [5.74, 6) is -0.177. The zero-order valence-corrected chi connectivity index (χ0v) is 13.8. The van der Waals surface area contributed by atoms with E-state index in [-0.39, 0.29) is 18.4 Å². The van der Waals surface area contributed by atoms with Crippen molar-refractivity contribution in [2.75, 3.05) is 18.5 Å². The fraction of sp³-hybridized carbons (Fsp3) is 0.556. The van der Waals surface area contributed by atoms with Crippen LogP contribution in [0.4, 0.5) is 5.69 Å². The molecular weight excluding hydrogens is 310 g/mol. The van der Waals surface area contributed by atoms with Gasteiger partial charge in [0, 0.05) is 25.1 Å². The summed E-state index contributed by atoms with van der Waals surface area (Å²) in [5.41, 5.74) is 0.724. The van der Waals surface area contributed by atoms with Crippen molar-refractivity contribution in [3.05, 3.63) is 24.3 Å². The normalized spacial score (nSPS) is 17.2. The summed E-state index contributed by atoms with van der Waals surface area (Å²) < 4.78 is 11.1. The topological polar surface area (TPSA) is 84.9 Å². The average molecular weight is 335 g/mol. The number of carbonyl (C=O) groups is 2. The van der Waals surface area contributed by atoms with Crippen molar-refractivity contribution in [3.63, 3.8) is 0 Å². The summed E-state index contributed by atoms with van der Waals surface area (Å²) in [4.78, 5) is 22.4. The molecule has 1 aliphatic heterocycles. The van der Waals surface area contributed by atoms with Crippen LogP contribution in [0, 0.1) is 0 Å². The maximum atomic E-state index is 12.0. The first-order chi connectivity index (χ1) is 11.6. The third kappa shape index (κ3) is 7.00. The summed E-state index contributed by atoms with van der Waals surface area (Å²) in [6.45, 7) is 1.17. The Balaban J connectivity index is 1.66. The number of nitrogens with one attached hydrogen (secondary N) is 1. The molecule has 24 heavy (non-hydrogen) atoms. The smallest absolute Gasteiger partial charge is 0.303 e. The molecule has 0 radical (unpaired) electrons. The van der Waals surface area contributed by atoms with Crippen molar-refractivity contribution in [3.8, 4) is 5.75 Å². The van der Waals surface area contributed by atoms with Gasteiger partial charge >= 0.3 is 5.97 Å². The van der Waals surface area contributed by atoms with Gasteiger partial charge in [0.15, 0.2) is 0 Å². The maximum Gasteiger partial charge on any atom is 0.303 e. The molecule has 1 saturated heterocycles. The van der Waals surface area contributed by atoms with Gasteiger partial charge in [0.1, 0.15) is 5.75 Å². The summed E-state index contributed by atoms with van der Waals surface area (Å²) in [5, 5.41) is 11.4. The minimum absolute atomic E-state index is 0.0145. The van der Waals surface area contributed by atoms with Gasteiger partial charge in [0.25, 0.3) is 0 Å². The van der Waals surface area contributed by atoms with Crippen LogP contribution in [-0.2, 0) is 14.3 Å². The summed E-state index contributed by atoms with van der Waals surface area (Å²) in [7, 11) is 0. The first-order valence-electron chi connectivity index (χ1n) is 8.49. The largest absolute Gasteiger partial charge is 0.494 e. The molecule has 1 amide bonds. The third-order valence-electron chi connectivity index (χ3n) is 3.91. The number of carboxylic acids is 1. The predicted octanol–water partition coefficient (Wildman–Crippen LogP) is 3.22. The van der Waals surface area contributed by atoms with Gasteiger partial charge in [-0.25, -0.2) is 0 Å². The standard InChI is InChI=1S/C18H25NO5/c20-17(11-10-15-4-1-2-12-23-15)19-14-6-8-16(9-7-14)24-13-3-5-18(21)22/h6-9,15H,1-5,10-13H2,(H,19,20)(H,21,22). The molecular formula is C18H25NO5. The van der Waals surface area contributed by atoms with Gasteiger partial charge < -0.3 is 19.9 Å². The van der Waals surface area contributed by atoms with Gasteiger partial charge in [-0.05, 0) is 56.4 Å². The molecule has 0 aromatic heterocycles. The number of carboxylic acid groups (broad SMARTS) is 1. The molecule has 1 aromatic rings. The maximum absolute atomic E-state index is 12.0. The highest BCUT2D eigenvalue weighted by atomic mass is 16.5. The molecule has 1 fully saturated rings. The van der Waals surface area contributed by atoms with Crippen LogP contribution in [0.5, 0.6) is 5.75 Å². The number of hydrogen-bond acceptors (Lipinski definition) is 4. The predicted molar refractivity (Wildman–Crippen MR) is 90.3 cm³/mol. The van der Waals surface area contributed by atoms with E-state index >= 15 is 0 Å². The number of benzene rings is 1. The van der Waals surface area contributed by atoms with Crippen LogP contribution in [0.2, 0.25) is 0 Å². The number of anilines is 1. The molecule has 1 aromatic carbocycles. The first-order valence-corrected chi connectivity index (χ1v) is 8.49. The minimum Gasteiger partial charge on any atom is -0.494 e. The van der Waals surface area contributed by atoms with E-state index in [9.17, 15) is 9.59 Å². The fourth-order valence-electron chi connectivity index (χ4n) is 2.60. The second-order valence-corrected chi connectivity index (χ2v) is 5.95. The molecule has 1 aliphatic rings. The highest BCUT2D eigenvalue weighted by Gasteiger charge is 2.15. The number of rotatable bonds is 9. The molecule has 6 nitrogen and oxygen atoms in total. The highest BCUT2D eigenvalue weighted by Crippen LogP contribution is 2.19. The number of ether oxygens (including phenoxy) is 2. The Morgan fingerprint density at radius 2 is 2.00 bits per heavy atom. The SMILES string of the molecule is O=C(O)CCCOc1ccc(NC(=O)CCC2CCCCO2)cc1. The van der Waals surface area contributed by atoms with E-state index in [1.807, 2.05) is 0 Å². The Hall–Kier alpha value is -2.08. The first kappa shape index (κ1) is 18.3. The van der Waals surface area contributed by atoms with Crippen LogP contribution in [0.15, 0.2) is 24.3 Å². The van der Waals surface area contributed by atoms with E-state index in [1.54, 1.807) is 24.3 Å². The Morgan fingerprint density at radius 3 is 2.67 bits per heavy atom. The highest BCUT2D eigenvalue weighted by molar-refractivity contribution is 5.90. The van der Waals surface area contributed by atoms with Crippen molar-refractivity contribution in [2.24, 2.45) is 0 Å². The number of amides is 1. The minimum atomic E-state index is -0.824.